The van der Waals surface area contributed by atoms with E-state index in [0.717, 1.165) is 5.56 Å². The number of nitrogens with one attached hydrogen (secondary N) is 2. The van der Waals surface area contributed by atoms with Gasteiger partial charge >= 0.3 is 6.09 Å². The molecule has 2 fully saturated rings. The topological polar surface area (TPSA) is 117 Å². The first-order valence-electron chi connectivity index (χ1n) is 13.4. The average Bonchev–Trinajstić information content (AvgIpc) is 2.92. The van der Waals surface area contributed by atoms with E-state index >= 15 is 0 Å². The molecular weight excluding hydrogens is 484 g/mol. The van der Waals surface area contributed by atoms with Crippen LogP contribution in [0.15, 0.2) is 54.6 Å². The number of anilines is 1. The molecule has 0 spiro atoms. The van der Waals surface area contributed by atoms with Gasteiger partial charge in [0.05, 0.1) is 19.8 Å². The summed E-state index contributed by atoms with van der Waals surface area (Å²) in [5, 5.41) is 27.4. The third-order valence-corrected chi connectivity index (χ3v) is 9.00. The van der Waals surface area contributed by atoms with Crippen molar-refractivity contribution < 1.29 is 29.3 Å². The monoisotopic (exact) mass is 524 g/mol. The zero-order valence-electron chi connectivity index (χ0n) is 22.5. The van der Waals surface area contributed by atoms with Crippen molar-refractivity contribution in [2.45, 2.75) is 64.7 Å². The number of amides is 2. The maximum Gasteiger partial charge on any atom is 0.411 e. The number of hydrogen-bond donors (Lipinski definition) is 4. The van der Waals surface area contributed by atoms with Crippen LogP contribution in [-0.2, 0) is 16.1 Å². The molecule has 0 saturated heterocycles. The summed E-state index contributed by atoms with van der Waals surface area (Å²) in [5.74, 6) is 0.314. The minimum Gasteiger partial charge on any atom is -0.497 e. The maximum absolute atomic E-state index is 12.9. The average molecular weight is 525 g/mol. The predicted octanol–water partition coefficient (Wildman–Crippen LogP) is 4.50. The molecule has 2 saturated carbocycles. The number of methoxy groups -OCH3 is 1. The van der Waals surface area contributed by atoms with Gasteiger partial charge in [-0.1, -0.05) is 44.2 Å². The Bertz CT molecular complexity index is 1090. The van der Waals surface area contributed by atoms with Crippen LogP contribution in [0.2, 0.25) is 0 Å². The lowest BCUT2D eigenvalue weighted by molar-refractivity contribution is -0.185. The van der Waals surface area contributed by atoms with Gasteiger partial charge in [0.25, 0.3) is 0 Å². The van der Waals surface area contributed by atoms with E-state index in [1.807, 2.05) is 37.3 Å². The molecule has 0 aromatic heterocycles. The molecule has 2 aliphatic carbocycles. The van der Waals surface area contributed by atoms with Crippen LogP contribution in [-0.4, -0.2) is 48.1 Å². The van der Waals surface area contributed by atoms with Crippen LogP contribution in [0.3, 0.4) is 0 Å². The summed E-state index contributed by atoms with van der Waals surface area (Å²) >= 11 is 0. The molecule has 8 heteroatoms. The Balaban J connectivity index is 1.44. The van der Waals surface area contributed by atoms with Crippen LogP contribution in [0.1, 0.15) is 51.5 Å². The van der Waals surface area contributed by atoms with Gasteiger partial charge in [-0.3, -0.25) is 10.1 Å². The number of aliphatic hydroxyl groups excluding tert-OH is 2. The minimum absolute atomic E-state index is 0.0251. The van der Waals surface area contributed by atoms with E-state index in [4.69, 9.17) is 9.47 Å². The zero-order valence-corrected chi connectivity index (χ0v) is 22.5. The van der Waals surface area contributed by atoms with Gasteiger partial charge in [0, 0.05) is 24.1 Å². The molecule has 0 heterocycles. The number of benzene rings is 2. The van der Waals surface area contributed by atoms with Gasteiger partial charge in [0.15, 0.2) is 0 Å². The fraction of sp³-hybridized carbons (Fsp3) is 0.533. The lowest BCUT2D eigenvalue weighted by Crippen LogP contribution is -2.61. The minimum atomic E-state index is -0.705. The van der Waals surface area contributed by atoms with Crippen LogP contribution in [0.4, 0.5) is 10.5 Å². The van der Waals surface area contributed by atoms with Gasteiger partial charge in [-0.25, -0.2) is 4.79 Å². The summed E-state index contributed by atoms with van der Waals surface area (Å²) in [7, 11) is 1.58. The second-order valence-electron chi connectivity index (χ2n) is 11.2. The molecule has 0 aliphatic heterocycles. The van der Waals surface area contributed by atoms with Gasteiger partial charge < -0.3 is 25.0 Å². The van der Waals surface area contributed by atoms with Crippen molar-refractivity contribution in [1.29, 1.82) is 0 Å². The molecule has 6 atom stereocenters. The highest BCUT2D eigenvalue weighted by Crippen LogP contribution is 2.61. The maximum atomic E-state index is 12.9. The van der Waals surface area contributed by atoms with Crippen LogP contribution in [0.25, 0.3) is 0 Å². The first kappa shape index (κ1) is 27.9. The third kappa shape index (κ3) is 5.81. The van der Waals surface area contributed by atoms with Crippen LogP contribution in [0.5, 0.6) is 5.75 Å². The van der Waals surface area contributed by atoms with Crippen molar-refractivity contribution in [3.8, 4) is 5.75 Å². The normalized spacial score (nSPS) is 30.6. The standard InChI is InChI=1S/C30H40N2O6/c1-29-16-15-26(38-28(36)32-21-9-11-22(37-3)12-10-21)30(2,19-33)25(29)14-13-24(34)23(29)17-27(35)31-18-20-7-5-4-6-8-20/h4-12,23-26,33-34H,13-19H2,1-3H3,(H,31,35)(H,32,36)/t23-,24-,25-,26-,29+,30+/m1/s1. The van der Waals surface area contributed by atoms with Gasteiger partial charge in [-0.15, -0.1) is 0 Å². The van der Waals surface area contributed by atoms with E-state index in [-0.39, 0.29) is 36.2 Å². The first-order chi connectivity index (χ1) is 18.2. The first-order valence-corrected chi connectivity index (χ1v) is 13.4. The van der Waals surface area contributed by atoms with E-state index < -0.39 is 23.7 Å². The highest BCUT2D eigenvalue weighted by molar-refractivity contribution is 5.84. The SMILES string of the molecule is COc1ccc(NC(=O)O[C@@H]2CC[C@]3(C)[C@@H](CC[C@@H](O)[C@H]3CC(=O)NCc3ccccc3)[C@]2(C)CO)cc1. The van der Waals surface area contributed by atoms with Crippen molar-refractivity contribution >= 4 is 17.7 Å². The summed E-state index contributed by atoms with van der Waals surface area (Å²) in [6.45, 7) is 4.37. The number of aliphatic hydroxyl groups is 2. The zero-order chi connectivity index (χ0) is 27.3. The van der Waals surface area contributed by atoms with Gasteiger partial charge in [-0.2, -0.15) is 0 Å². The van der Waals surface area contributed by atoms with E-state index in [1.54, 1.807) is 31.4 Å². The Morgan fingerprint density at radius 2 is 1.74 bits per heavy atom. The van der Waals surface area contributed by atoms with Crippen molar-refractivity contribution in [3.63, 3.8) is 0 Å². The molecule has 206 valence electrons. The molecule has 2 amide bonds. The van der Waals surface area contributed by atoms with E-state index in [1.165, 1.54) is 0 Å². The van der Waals surface area contributed by atoms with Gasteiger partial charge in [-0.05, 0) is 72.8 Å². The molecule has 0 bridgehead atoms. The van der Waals surface area contributed by atoms with Crippen molar-refractivity contribution in [3.05, 3.63) is 60.2 Å². The smallest absolute Gasteiger partial charge is 0.411 e. The molecular formula is C30H40N2O6. The van der Waals surface area contributed by atoms with Gasteiger partial charge in [0.2, 0.25) is 5.91 Å². The summed E-state index contributed by atoms with van der Waals surface area (Å²) in [4.78, 5) is 25.7. The Morgan fingerprint density at radius 1 is 1.03 bits per heavy atom. The molecule has 0 radical (unpaired) electrons. The quantitative estimate of drug-likeness (QED) is 0.404. The molecule has 4 N–H and O–H groups in total. The Labute approximate surface area is 224 Å². The summed E-state index contributed by atoms with van der Waals surface area (Å²) in [6, 6.07) is 16.7. The molecule has 8 nitrogen and oxygen atoms in total. The molecule has 38 heavy (non-hydrogen) atoms. The van der Waals surface area contributed by atoms with E-state index in [2.05, 4.69) is 17.6 Å². The second kappa shape index (κ2) is 11.7. The second-order valence-corrected chi connectivity index (χ2v) is 11.2. The van der Waals surface area contributed by atoms with Crippen LogP contribution >= 0.6 is 0 Å². The number of carbonyl (C=O) groups excluding carboxylic acids is 2. The van der Waals surface area contributed by atoms with E-state index in [9.17, 15) is 19.8 Å². The highest BCUT2D eigenvalue weighted by atomic mass is 16.6. The summed E-state index contributed by atoms with van der Waals surface area (Å²) in [6.07, 6.45) is 0.997. The van der Waals surface area contributed by atoms with Crippen LogP contribution < -0.4 is 15.4 Å². The van der Waals surface area contributed by atoms with Gasteiger partial charge in [0.1, 0.15) is 11.9 Å². The Hall–Kier alpha value is -3.10. The van der Waals surface area contributed by atoms with Crippen LogP contribution in [0, 0.1) is 22.7 Å². The third-order valence-electron chi connectivity index (χ3n) is 9.00. The highest BCUT2D eigenvalue weighted by Gasteiger charge is 2.60. The summed E-state index contributed by atoms with van der Waals surface area (Å²) < 4.78 is 11.1. The van der Waals surface area contributed by atoms with E-state index in [0.29, 0.717) is 43.7 Å². The molecule has 0 unspecified atom stereocenters. The largest absolute Gasteiger partial charge is 0.497 e. The molecule has 2 aliphatic rings. The summed E-state index contributed by atoms with van der Waals surface area (Å²) in [5.41, 5.74) is 0.520. The number of carbonyl (C=O) groups is 2. The molecule has 4 rings (SSSR count). The number of fused-ring (bicyclic) bond motifs is 1. The molecule has 2 aromatic rings. The predicted molar refractivity (Wildman–Crippen MR) is 145 cm³/mol. The van der Waals surface area contributed by atoms with Crippen molar-refractivity contribution in [2.75, 3.05) is 19.0 Å². The number of ether oxygens (including phenoxy) is 2. The molecule has 2 aromatic carbocycles. The Morgan fingerprint density at radius 3 is 2.39 bits per heavy atom. The number of rotatable bonds is 8. The van der Waals surface area contributed by atoms with Crippen molar-refractivity contribution in [1.82, 2.24) is 5.32 Å². The Kier molecular flexibility index (Phi) is 8.63. The van der Waals surface area contributed by atoms with Crippen molar-refractivity contribution in [2.24, 2.45) is 22.7 Å². The fourth-order valence-electron chi connectivity index (χ4n) is 6.80. The lowest BCUT2D eigenvalue weighted by Gasteiger charge is -2.60. The number of hydrogen-bond acceptors (Lipinski definition) is 6. The lowest BCUT2D eigenvalue weighted by atomic mass is 9.46. The fourth-order valence-corrected chi connectivity index (χ4v) is 6.80.